The van der Waals surface area contributed by atoms with Gasteiger partial charge in [-0.15, -0.1) is 11.3 Å². The predicted molar refractivity (Wildman–Crippen MR) is 125 cm³/mol. The number of nitrogens with one attached hydrogen (secondary N) is 1. The molecule has 0 aliphatic rings. The third kappa shape index (κ3) is 4.56. The summed E-state index contributed by atoms with van der Waals surface area (Å²) in [5, 5.41) is 6.45. The van der Waals surface area contributed by atoms with Gasteiger partial charge in [0.05, 0.1) is 24.5 Å². The van der Waals surface area contributed by atoms with Crippen LogP contribution in [0.15, 0.2) is 60.0 Å². The number of benzene rings is 2. The van der Waals surface area contributed by atoms with Gasteiger partial charge in [-0.2, -0.15) is 0 Å². The van der Waals surface area contributed by atoms with Gasteiger partial charge in [-0.25, -0.2) is 9.78 Å². The Kier molecular flexibility index (Phi) is 6.63. The van der Waals surface area contributed by atoms with Gasteiger partial charge in [0.2, 0.25) is 0 Å². The van der Waals surface area contributed by atoms with Crippen LogP contribution >= 0.6 is 11.3 Å². The van der Waals surface area contributed by atoms with Crippen LogP contribution in [0.3, 0.4) is 0 Å². The highest BCUT2D eigenvalue weighted by molar-refractivity contribution is 7.13. The number of anilines is 1. The summed E-state index contributed by atoms with van der Waals surface area (Å²) in [4.78, 5) is 29.1. The zero-order valence-corrected chi connectivity index (χ0v) is 18.6. The van der Waals surface area contributed by atoms with Gasteiger partial charge in [-0.05, 0) is 43.3 Å². The molecule has 0 saturated heterocycles. The maximum atomic E-state index is 12.7. The topological polar surface area (TPSA) is 82.5 Å². The van der Waals surface area contributed by atoms with Crippen molar-refractivity contribution in [3.63, 3.8) is 0 Å². The summed E-state index contributed by atoms with van der Waals surface area (Å²) in [6, 6.07) is 16.8. The number of esters is 1. The number of methoxy groups -OCH3 is 1. The van der Waals surface area contributed by atoms with Crippen LogP contribution in [0.4, 0.5) is 5.69 Å². The summed E-state index contributed by atoms with van der Waals surface area (Å²) in [5.41, 5.74) is 3.40. The van der Waals surface area contributed by atoms with Gasteiger partial charge in [-0.1, -0.05) is 18.2 Å². The van der Waals surface area contributed by atoms with Crippen LogP contribution in [0.2, 0.25) is 0 Å². The Bertz CT molecular complexity index is 1240. The Balaban J connectivity index is 1.54. The number of hydrogen-bond acceptors (Lipinski definition) is 6. The van der Waals surface area contributed by atoms with Gasteiger partial charge in [0.1, 0.15) is 10.7 Å². The monoisotopic (exact) mass is 449 g/mol. The van der Waals surface area contributed by atoms with Gasteiger partial charge < -0.3 is 19.4 Å². The van der Waals surface area contributed by atoms with Crippen molar-refractivity contribution in [2.24, 2.45) is 0 Å². The predicted octanol–water partition coefficient (Wildman–Crippen LogP) is 4.84. The molecule has 0 aliphatic carbocycles. The van der Waals surface area contributed by atoms with Crippen LogP contribution in [0.1, 0.15) is 27.8 Å². The minimum Gasteiger partial charge on any atom is -0.462 e. The molecule has 1 amide bonds. The molecule has 0 radical (unpaired) electrons. The number of amides is 1. The molecule has 4 rings (SSSR count). The van der Waals surface area contributed by atoms with E-state index in [0.717, 1.165) is 21.6 Å². The lowest BCUT2D eigenvalue weighted by Crippen LogP contribution is -2.13. The van der Waals surface area contributed by atoms with Crippen molar-refractivity contribution in [3.05, 3.63) is 71.2 Å². The number of nitrogens with zero attached hydrogens (tertiary/aromatic N) is 2. The van der Waals surface area contributed by atoms with Crippen LogP contribution in [0.25, 0.3) is 21.6 Å². The first-order chi connectivity index (χ1) is 15.6. The number of carbonyl (C=O) groups is 2. The smallest absolute Gasteiger partial charge is 0.338 e. The lowest BCUT2D eigenvalue weighted by Gasteiger charge is -2.08. The highest BCUT2D eigenvalue weighted by Gasteiger charge is 2.17. The number of hydrogen-bond donors (Lipinski definition) is 1. The van der Waals surface area contributed by atoms with Crippen molar-refractivity contribution in [2.45, 2.75) is 13.5 Å². The number of carbonyl (C=O) groups excluding carboxylic acids is 2. The second kappa shape index (κ2) is 9.76. The molecular weight excluding hydrogens is 426 g/mol. The Morgan fingerprint density at radius 1 is 1.12 bits per heavy atom. The number of para-hydroxylation sites is 1. The molecule has 164 valence electrons. The fraction of sp³-hybridized carbons (Fsp3) is 0.208. The van der Waals surface area contributed by atoms with Crippen LogP contribution in [-0.4, -0.2) is 41.8 Å². The molecule has 0 spiro atoms. The van der Waals surface area contributed by atoms with Crippen LogP contribution in [-0.2, 0) is 16.0 Å². The average molecular weight is 450 g/mol. The van der Waals surface area contributed by atoms with E-state index < -0.39 is 5.97 Å². The van der Waals surface area contributed by atoms with Crippen molar-refractivity contribution < 1.29 is 19.1 Å². The van der Waals surface area contributed by atoms with Crippen LogP contribution < -0.4 is 5.32 Å². The van der Waals surface area contributed by atoms with Crippen molar-refractivity contribution >= 4 is 39.8 Å². The number of rotatable bonds is 8. The number of fused-ring (bicyclic) bond motifs is 1. The van der Waals surface area contributed by atoms with E-state index in [2.05, 4.69) is 33.1 Å². The zero-order valence-electron chi connectivity index (χ0n) is 17.8. The molecule has 2 aromatic heterocycles. The highest BCUT2D eigenvalue weighted by atomic mass is 32.1. The van der Waals surface area contributed by atoms with E-state index in [1.165, 1.54) is 11.3 Å². The minimum atomic E-state index is -0.390. The van der Waals surface area contributed by atoms with Gasteiger partial charge in [-0.3, -0.25) is 4.79 Å². The van der Waals surface area contributed by atoms with Crippen molar-refractivity contribution in [3.8, 4) is 10.7 Å². The molecule has 7 nitrogen and oxygen atoms in total. The Morgan fingerprint density at radius 3 is 2.66 bits per heavy atom. The zero-order chi connectivity index (χ0) is 22.5. The number of aromatic nitrogens is 2. The van der Waals surface area contributed by atoms with Crippen molar-refractivity contribution in [1.29, 1.82) is 0 Å². The number of ether oxygens (including phenoxy) is 2. The van der Waals surface area contributed by atoms with E-state index >= 15 is 0 Å². The van der Waals surface area contributed by atoms with E-state index in [9.17, 15) is 9.59 Å². The van der Waals surface area contributed by atoms with E-state index in [0.29, 0.717) is 36.7 Å². The molecule has 1 N–H and O–H groups in total. The average Bonchev–Trinajstić information content (AvgIpc) is 3.43. The third-order valence-corrected chi connectivity index (χ3v) is 5.80. The molecule has 0 unspecified atom stereocenters. The Labute approximate surface area is 189 Å². The van der Waals surface area contributed by atoms with Crippen molar-refractivity contribution in [1.82, 2.24) is 9.55 Å². The summed E-state index contributed by atoms with van der Waals surface area (Å²) in [6.07, 6.45) is 0. The first-order valence-corrected chi connectivity index (χ1v) is 11.1. The second-order valence-electron chi connectivity index (χ2n) is 7.02. The third-order valence-electron chi connectivity index (χ3n) is 4.94. The normalized spacial score (nSPS) is 10.9. The standard InChI is InChI=1S/C24H23N3O4S/c1-3-31-24(29)16-8-10-18(11-9-16)25-22(28)19-15-32-23(26-19)21-14-17-6-4-5-7-20(17)27(21)12-13-30-2/h4-11,14-15H,3,12-13H2,1-2H3,(H,25,28). The molecule has 0 fully saturated rings. The van der Waals surface area contributed by atoms with E-state index in [-0.39, 0.29) is 5.91 Å². The van der Waals surface area contributed by atoms with E-state index in [1.807, 2.05) is 12.1 Å². The molecule has 0 saturated carbocycles. The fourth-order valence-electron chi connectivity index (χ4n) is 3.41. The summed E-state index contributed by atoms with van der Waals surface area (Å²) in [7, 11) is 1.68. The van der Waals surface area contributed by atoms with Gasteiger partial charge in [0.15, 0.2) is 0 Å². The van der Waals surface area contributed by atoms with E-state index in [1.54, 1.807) is 43.7 Å². The summed E-state index contributed by atoms with van der Waals surface area (Å²) in [6.45, 7) is 3.33. The Morgan fingerprint density at radius 2 is 1.91 bits per heavy atom. The first kappa shape index (κ1) is 21.7. The molecule has 32 heavy (non-hydrogen) atoms. The molecule has 0 atom stereocenters. The maximum Gasteiger partial charge on any atom is 0.338 e. The first-order valence-electron chi connectivity index (χ1n) is 10.2. The van der Waals surface area contributed by atoms with E-state index in [4.69, 9.17) is 9.47 Å². The molecule has 0 bridgehead atoms. The van der Waals surface area contributed by atoms with Gasteiger partial charge >= 0.3 is 5.97 Å². The molecule has 0 aliphatic heterocycles. The fourth-order valence-corrected chi connectivity index (χ4v) is 4.23. The molecule has 4 aromatic rings. The van der Waals surface area contributed by atoms with Gasteiger partial charge in [0.25, 0.3) is 5.91 Å². The summed E-state index contributed by atoms with van der Waals surface area (Å²) >= 11 is 1.42. The van der Waals surface area contributed by atoms with Crippen molar-refractivity contribution in [2.75, 3.05) is 25.6 Å². The lowest BCUT2D eigenvalue weighted by molar-refractivity contribution is 0.0526. The quantitative estimate of drug-likeness (QED) is 0.389. The highest BCUT2D eigenvalue weighted by Crippen LogP contribution is 2.30. The largest absolute Gasteiger partial charge is 0.462 e. The second-order valence-corrected chi connectivity index (χ2v) is 7.88. The van der Waals surface area contributed by atoms with Crippen LogP contribution in [0, 0.1) is 0 Å². The molecule has 2 heterocycles. The summed E-state index contributed by atoms with van der Waals surface area (Å²) < 4.78 is 12.4. The maximum absolute atomic E-state index is 12.7. The lowest BCUT2D eigenvalue weighted by atomic mass is 10.2. The molecular formula is C24H23N3O4S. The number of thiazole rings is 1. The molecule has 2 aromatic carbocycles. The summed E-state index contributed by atoms with van der Waals surface area (Å²) in [5.74, 6) is -0.700. The Hall–Kier alpha value is -3.49. The van der Waals surface area contributed by atoms with Crippen LogP contribution in [0.5, 0.6) is 0 Å². The minimum absolute atomic E-state index is 0.309. The van der Waals surface area contributed by atoms with Gasteiger partial charge in [0, 0.05) is 35.6 Å². The SMILES string of the molecule is CCOC(=O)c1ccc(NC(=O)c2csc(-c3cc4ccccc4n3CCOC)n2)cc1. The molecule has 8 heteroatoms.